The number of rotatable bonds is 7. The van der Waals surface area contributed by atoms with Crippen molar-refractivity contribution in [2.45, 2.75) is 45.6 Å². The Morgan fingerprint density at radius 2 is 1.95 bits per heavy atom. The van der Waals surface area contributed by atoms with Crippen LogP contribution in [0.3, 0.4) is 0 Å². The minimum absolute atomic E-state index is 0.128. The second-order valence-electron chi connectivity index (χ2n) is 4.92. The average molecular weight is 264 g/mol. The van der Waals surface area contributed by atoms with E-state index in [9.17, 15) is 9.90 Å². The Labute approximate surface area is 115 Å². The van der Waals surface area contributed by atoms with E-state index in [0.29, 0.717) is 13.0 Å². The van der Waals surface area contributed by atoms with E-state index < -0.39 is 11.6 Å². The summed E-state index contributed by atoms with van der Waals surface area (Å²) in [6.07, 6.45) is 1.98. The van der Waals surface area contributed by atoms with Crippen molar-refractivity contribution in [3.63, 3.8) is 0 Å². The molecule has 1 aromatic carbocycles. The summed E-state index contributed by atoms with van der Waals surface area (Å²) in [6.45, 7) is 5.77. The fraction of sp³-hybridized carbons (Fsp3) is 0.562. The van der Waals surface area contributed by atoms with Gasteiger partial charge in [0.05, 0.1) is 6.61 Å². The number of benzene rings is 1. The number of hydrogen-bond donors (Lipinski definition) is 1. The van der Waals surface area contributed by atoms with Crippen molar-refractivity contribution in [3.8, 4) is 0 Å². The summed E-state index contributed by atoms with van der Waals surface area (Å²) in [4.78, 5) is 11.9. The highest BCUT2D eigenvalue weighted by atomic mass is 16.5. The molecule has 0 amide bonds. The number of carbonyl (C=O) groups excluding carboxylic acids is 1. The number of aryl methyl sites for hydroxylation is 1. The highest BCUT2D eigenvalue weighted by Gasteiger charge is 2.40. The van der Waals surface area contributed by atoms with E-state index >= 15 is 0 Å². The summed E-state index contributed by atoms with van der Waals surface area (Å²) in [7, 11) is 0. The van der Waals surface area contributed by atoms with Gasteiger partial charge in [-0.05, 0) is 37.7 Å². The van der Waals surface area contributed by atoms with Crippen LogP contribution in [0.1, 0.15) is 39.2 Å². The molecule has 0 heterocycles. The van der Waals surface area contributed by atoms with Gasteiger partial charge in [0, 0.05) is 0 Å². The minimum Gasteiger partial charge on any atom is -0.464 e. The third kappa shape index (κ3) is 4.06. The van der Waals surface area contributed by atoms with Crippen LogP contribution in [-0.4, -0.2) is 23.3 Å². The van der Waals surface area contributed by atoms with Gasteiger partial charge in [0.1, 0.15) is 0 Å². The molecule has 0 aromatic heterocycles. The van der Waals surface area contributed by atoms with Crippen molar-refractivity contribution >= 4 is 5.97 Å². The molecule has 0 fully saturated rings. The fourth-order valence-corrected chi connectivity index (χ4v) is 2.22. The van der Waals surface area contributed by atoms with Crippen LogP contribution < -0.4 is 0 Å². The Morgan fingerprint density at radius 1 is 1.32 bits per heavy atom. The van der Waals surface area contributed by atoms with Crippen LogP contribution in [0.4, 0.5) is 0 Å². The van der Waals surface area contributed by atoms with Crippen LogP contribution in [-0.2, 0) is 16.0 Å². The van der Waals surface area contributed by atoms with Gasteiger partial charge in [-0.1, -0.05) is 44.2 Å². The van der Waals surface area contributed by atoms with Gasteiger partial charge in [0.15, 0.2) is 5.60 Å². The Bertz CT molecular complexity index is 388. The van der Waals surface area contributed by atoms with E-state index in [0.717, 1.165) is 12.8 Å². The zero-order valence-corrected chi connectivity index (χ0v) is 12.1. The summed E-state index contributed by atoms with van der Waals surface area (Å²) in [5.74, 6) is -0.630. The number of aliphatic hydroxyl groups is 1. The van der Waals surface area contributed by atoms with Gasteiger partial charge in [-0.2, -0.15) is 0 Å². The van der Waals surface area contributed by atoms with Crippen molar-refractivity contribution in [2.24, 2.45) is 5.92 Å². The molecule has 0 bridgehead atoms. The zero-order valence-electron chi connectivity index (χ0n) is 12.1. The van der Waals surface area contributed by atoms with Crippen LogP contribution in [0.15, 0.2) is 30.3 Å². The lowest BCUT2D eigenvalue weighted by atomic mass is 9.82. The predicted molar refractivity (Wildman–Crippen MR) is 75.8 cm³/mol. The quantitative estimate of drug-likeness (QED) is 0.770. The monoisotopic (exact) mass is 264 g/mol. The lowest BCUT2D eigenvalue weighted by Crippen LogP contribution is -2.45. The first kappa shape index (κ1) is 15.7. The van der Waals surface area contributed by atoms with Gasteiger partial charge in [-0.15, -0.1) is 0 Å². The lowest BCUT2D eigenvalue weighted by Gasteiger charge is -2.30. The molecule has 0 radical (unpaired) electrons. The molecule has 19 heavy (non-hydrogen) atoms. The second kappa shape index (κ2) is 7.29. The van der Waals surface area contributed by atoms with Crippen molar-refractivity contribution in [2.75, 3.05) is 6.61 Å². The molecule has 106 valence electrons. The van der Waals surface area contributed by atoms with Gasteiger partial charge in [0.2, 0.25) is 0 Å². The van der Waals surface area contributed by atoms with Crippen LogP contribution >= 0.6 is 0 Å². The van der Waals surface area contributed by atoms with E-state index in [1.807, 2.05) is 32.0 Å². The molecule has 2 unspecified atom stereocenters. The zero-order chi connectivity index (χ0) is 14.3. The summed E-state index contributed by atoms with van der Waals surface area (Å²) in [5.41, 5.74) is -0.151. The fourth-order valence-electron chi connectivity index (χ4n) is 2.22. The van der Waals surface area contributed by atoms with E-state index in [1.165, 1.54) is 5.56 Å². The molecule has 0 aliphatic heterocycles. The molecule has 1 rings (SSSR count). The molecule has 0 aliphatic rings. The molecule has 3 heteroatoms. The molecule has 3 nitrogen and oxygen atoms in total. The maximum atomic E-state index is 11.9. The number of carbonyl (C=O) groups is 1. The molecular formula is C16H24O3. The first-order valence-electron chi connectivity index (χ1n) is 6.98. The smallest absolute Gasteiger partial charge is 0.338 e. The Kier molecular flexibility index (Phi) is 6.03. The summed E-state index contributed by atoms with van der Waals surface area (Å²) >= 11 is 0. The van der Waals surface area contributed by atoms with E-state index in [1.54, 1.807) is 6.92 Å². The summed E-state index contributed by atoms with van der Waals surface area (Å²) < 4.78 is 4.98. The van der Waals surface area contributed by atoms with Crippen molar-refractivity contribution in [1.82, 2.24) is 0 Å². The first-order chi connectivity index (χ1) is 9.04. The summed E-state index contributed by atoms with van der Waals surface area (Å²) in [5, 5.41) is 10.5. The molecule has 0 aliphatic carbocycles. The SMILES string of the molecule is CCOC(=O)C(O)(CC)C(C)CCc1ccccc1. The number of hydrogen-bond acceptors (Lipinski definition) is 3. The highest BCUT2D eigenvalue weighted by molar-refractivity contribution is 5.79. The third-order valence-electron chi connectivity index (χ3n) is 3.69. The molecule has 1 N–H and O–H groups in total. The van der Waals surface area contributed by atoms with Crippen molar-refractivity contribution < 1.29 is 14.6 Å². The van der Waals surface area contributed by atoms with Crippen molar-refractivity contribution in [3.05, 3.63) is 35.9 Å². The first-order valence-corrected chi connectivity index (χ1v) is 6.98. The van der Waals surface area contributed by atoms with Crippen LogP contribution in [0, 0.1) is 5.92 Å². The lowest BCUT2D eigenvalue weighted by molar-refractivity contribution is -0.171. The molecule has 0 saturated carbocycles. The van der Waals surface area contributed by atoms with Crippen LogP contribution in [0.5, 0.6) is 0 Å². The summed E-state index contributed by atoms with van der Waals surface area (Å²) in [6, 6.07) is 10.1. The highest BCUT2D eigenvalue weighted by Crippen LogP contribution is 2.27. The topological polar surface area (TPSA) is 46.5 Å². The number of esters is 1. The van der Waals surface area contributed by atoms with E-state index in [-0.39, 0.29) is 5.92 Å². The van der Waals surface area contributed by atoms with Crippen LogP contribution in [0.2, 0.25) is 0 Å². The van der Waals surface area contributed by atoms with Crippen LogP contribution in [0.25, 0.3) is 0 Å². The molecule has 0 spiro atoms. The maximum absolute atomic E-state index is 11.9. The van der Waals surface area contributed by atoms with E-state index in [2.05, 4.69) is 12.1 Å². The van der Waals surface area contributed by atoms with Gasteiger partial charge in [-0.3, -0.25) is 0 Å². The molecule has 2 atom stereocenters. The Morgan fingerprint density at radius 3 is 2.47 bits per heavy atom. The Balaban J connectivity index is 2.63. The normalized spacial score (nSPS) is 15.6. The number of ether oxygens (including phenoxy) is 1. The van der Waals surface area contributed by atoms with Gasteiger partial charge in [0.25, 0.3) is 0 Å². The Hall–Kier alpha value is -1.35. The largest absolute Gasteiger partial charge is 0.464 e. The molecular weight excluding hydrogens is 240 g/mol. The van der Waals surface area contributed by atoms with E-state index in [4.69, 9.17) is 4.74 Å². The second-order valence-corrected chi connectivity index (χ2v) is 4.92. The van der Waals surface area contributed by atoms with Crippen molar-refractivity contribution in [1.29, 1.82) is 0 Å². The minimum atomic E-state index is -1.37. The molecule has 1 aromatic rings. The third-order valence-corrected chi connectivity index (χ3v) is 3.69. The molecule has 0 saturated heterocycles. The average Bonchev–Trinajstić information content (AvgIpc) is 2.45. The predicted octanol–water partition coefficient (Wildman–Crippen LogP) is 2.96. The van der Waals surface area contributed by atoms with Gasteiger partial charge in [-0.25, -0.2) is 4.79 Å². The maximum Gasteiger partial charge on any atom is 0.338 e. The van der Waals surface area contributed by atoms with Gasteiger partial charge < -0.3 is 9.84 Å². The standard InChI is InChI=1S/C16H24O3/c1-4-16(18,15(17)19-5-2)13(3)11-12-14-9-7-6-8-10-14/h6-10,13,18H,4-5,11-12H2,1-3H3. The van der Waals surface area contributed by atoms with Gasteiger partial charge >= 0.3 is 5.97 Å².